The maximum atomic E-state index is 12.3. The molecule has 3 aromatic rings. The van der Waals surface area contributed by atoms with Gasteiger partial charge in [0.05, 0.1) is 22.4 Å². The van der Waals surface area contributed by atoms with Gasteiger partial charge in [-0.1, -0.05) is 11.8 Å². The van der Waals surface area contributed by atoms with Crippen LogP contribution in [0.15, 0.2) is 39.3 Å². The van der Waals surface area contributed by atoms with Crippen molar-refractivity contribution in [1.82, 2.24) is 15.2 Å². The molecule has 1 atom stereocenters. The van der Waals surface area contributed by atoms with Gasteiger partial charge in [0.15, 0.2) is 0 Å². The summed E-state index contributed by atoms with van der Waals surface area (Å²) in [4.78, 5) is 27.7. The van der Waals surface area contributed by atoms with E-state index < -0.39 is 11.2 Å². The zero-order valence-corrected chi connectivity index (χ0v) is 16.3. The van der Waals surface area contributed by atoms with Gasteiger partial charge in [-0.15, -0.1) is 21.5 Å². The lowest BCUT2D eigenvalue weighted by Crippen LogP contribution is -2.22. The summed E-state index contributed by atoms with van der Waals surface area (Å²) in [5.41, 5.74) is 7.02. The summed E-state index contributed by atoms with van der Waals surface area (Å²) in [6, 6.07) is 6.35. The molecule has 0 aliphatic heterocycles. The van der Waals surface area contributed by atoms with Crippen molar-refractivity contribution in [3.8, 4) is 0 Å². The number of thioether (sulfide) groups is 1. The first-order chi connectivity index (χ1) is 12.9. The molecule has 10 heteroatoms. The predicted octanol–water partition coefficient (Wildman–Crippen LogP) is 2.64. The van der Waals surface area contributed by atoms with Crippen molar-refractivity contribution in [2.75, 3.05) is 5.32 Å². The molecular weight excluding hydrogens is 386 g/mol. The largest absolute Gasteiger partial charge is 0.416 e. The van der Waals surface area contributed by atoms with E-state index in [0.717, 1.165) is 10.7 Å². The number of carbonyl (C=O) groups is 2. The molecule has 0 aliphatic rings. The lowest BCUT2D eigenvalue weighted by atomic mass is 10.2. The highest BCUT2D eigenvalue weighted by molar-refractivity contribution is 8.00. The third-order valence-corrected chi connectivity index (χ3v) is 5.29. The van der Waals surface area contributed by atoms with Crippen LogP contribution in [-0.2, 0) is 11.2 Å². The van der Waals surface area contributed by atoms with Crippen molar-refractivity contribution in [1.29, 1.82) is 0 Å². The third-order valence-electron chi connectivity index (χ3n) is 3.53. The number of nitrogens with two attached hydrogens (primary N) is 1. The average molecular weight is 403 g/mol. The van der Waals surface area contributed by atoms with Gasteiger partial charge in [0.1, 0.15) is 0 Å². The number of benzene rings is 1. The minimum atomic E-state index is -0.517. The second-order valence-corrected chi connectivity index (χ2v) is 8.04. The van der Waals surface area contributed by atoms with E-state index in [4.69, 9.17) is 10.2 Å². The number of hydrogen-bond donors (Lipinski definition) is 2. The molecule has 140 valence electrons. The standard InChI is InChI=1S/C17H17N5O3S2/c1-9(16(24)20-12-5-3-11(4-6-12)15(18)23)27-17-22-21-14(25-17)7-13-8-26-10(2)19-13/h3-6,8-9H,7H2,1-2H3,(H2,18,23)(H,20,24). The zero-order valence-electron chi connectivity index (χ0n) is 14.6. The van der Waals surface area contributed by atoms with E-state index in [2.05, 4.69) is 20.5 Å². The van der Waals surface area contributed by atoms with E-state index in [9.17, 15) is 9.59 Å². The predicted molar refractivity (Wildman–Crippen MR) is 103 cm³/mol. The number of hydrogen-bond acceptors (Lipinski definition) is 8. The molecule has 8 nitrogen and oxygen atoms in total. The number of aromatic nitrogens is 3. The Morgan fingerprint density at radius 1 is 1.30 bits per heavy atom. The van der Waals surface area contributed by atoms with Crippen molar-refractivity contribution >= 4 is 40.6 Å². The molecule has 0 bridgehead atoms. The van der Waals surface area contributed by atoms with Gasteiger partial charge in [-0.2, -0.15) is 0 Å². The minimum absolute atomic E-state index is 0.221. The second kappa shape index (κ2) is 8.31. The second-order valence-electron chi connectivity index (χ2n) is 5.69. The Bertz CT molecular complexity index is 952. The summed E-state index contributed by atoms with van der Waals surface area (Å²) in [5, 5.41) is 13.5. The SMILES string of the molecule is Cc1nc(Cc2nnc(SC(C)C(=O)Nc3ccc(C(N)=O)cc3)o2)cs1. The van der Waals surface area contributed by atoms with Gasteiger partial charge in [-0.25, -0.2) is 4.98 Å². The fourth-order valence-corrected chi connectivity index (χ4v) is 3.48. The molecule has 2 heterocycles. The Morgan fingerprint density at radius 2 is 2.04 bits per heavy atom. The average Bonchev–Trinajstić information content (AvgIpc) is 3.24. The van der Waals surface area contributed by atoms with Crippen molar-refractivity contribution in [3.63, 3.8) is 0 Å². The summed E-state index contributed by atoms with van der Waals surface area (Å²) in [5.74, 6) is -0.282. The monoisotopic (exact) mass is 403 g/mol. The smallest absolute Gasteiger partial charge is 0.277 e. The van der Waals surface area contributed by atoms with Gasteiger partial charge in [-0.05, 0) is 38.1 Å². The highest BCUT2D eigenvalue weighted by Gasteiger charge is 2.19. The number of rotatable bonds is 7. The van der Waals surface area contributed by atoms with E-state index in [1.807, 2.05) is 12.3 Å². The number of nitrogens with one attached hydrogen (secondary N) is 1. The van der Waals surface area contributed by atoms with E-state index >= 15 is 0 Å². The zero-order chi connectivity index (χ0) is 19.4. The van der Waals surface area contributed by atoms with Gasteiger partial charge >= 0.3 is 0 Å². The molecular formula is C17H17N5O3S2. The first-order valence-electron chi connectivity index (χ1n) is 8.01. The maximum Gasteiger partial charge on any atom is 0.277 e. The van der Waals surface area contributed by atoms with Crippen LogP contribution in [0.25, 0.3) is 0 Å². The molecule has 0 radical (unpaired) electrons. The quantitative estimate of drug-likeness (QED) is 0.581. The fourth-order valence-electron chi connectivity index (χ4n) is 2.17. The Labute approximate surface area is 163 Å². The molecule has 27 heavy (non-hydrogen) atoms. The summed E-state index contributed by atoms with van der Waals surface area (Å²) in [6.45, 7) is 3.68. The van der Waals surface area contributed by atoms with E-state index in [-0.39, 0.29) is 5.91 Å². The van der Waals surface area contributed by atoms with Crippen LogP contribution in [0.1, 0.15) is 33.9 Å². The van der Waals surface area contributed by atoms with Crippen molar-refractivity contribution < 1.29 is 14.0 Å². The van der Waals surface area contributed by atoms with Crippen molar-refractivity contribution in [2.45, 2.75) is 30.7 Å². The Balaban J connectivity index is 1.55. The summed E-state index contributed by atoms with van der Waals surface area (Å²) >= 11 is 2.73. The number of aryl methyl sites for hydroxylation is 1. The molecule has 1 unspecified atom stereocenters. The highest BCUT2D eigenvalue weighted by Crippen LogP contribution is 2.24. The normalized spacial score (nSPS) is 11.9. The molecule has 2 aromatic heterocycles. The maximum absolute atomic E-state index is 12.3. The molecule has 0 spiro atoms. The van der Waals surface area contributed by atoms with Crippen LogP contribution in [0.3, 0.4) is 0 Å². The molecule has 3 N–H and O–H groups in total. The molecule has 0 saturated heterocycles. The van der Waals surface area contributed by atoms with Crippen LogP contribution in [0, 0.1) is 6.92 Å². The first-order valence-corrected chi connectivity index (χ1v) is 9.77. The number of thiazole rings is 1. The van der Waals surface area contributed by atoms with Crippen LogP contribution >= 0.6 is 23.1 Å². The minimum Gasteiger partial charge on any atom is -0.416 e. The molecule has 1 aromatic carbocycles. The highest BCUT2D eigenvalue weighted by atomic mass is 32.2. The number of carbonyl (C=O) groups excluding carboxylic acids is 2. The van der Waals surface area contributed by atoms with Crippen LogP contribution < -0.4 is 11.1 Å². The summed E-state index contributed by atoms with van der Waals surface area (Å²) in [7, 11) is 0. The van der Waals surface area contributed by atoms with Gasteiger partial charge in [-0.3, -0.25) is 9.59 Å². The third kappa shape index (κ3) is 5.14. The number of nitrogens with zero attached hydrogens (tertiary/aromatic N) is 3. The molecule has 0 aliphatic carbocycles. The molecule has 2 amide bonds. The molecule has 0 fully saturated rings. The fraction of sp³-hybridized carbons (Fsp3) is 0.235. The topological polar surface area (TPSA) is 124 Å². The number of anilines is 1. The van der Waals surface area contributed by atoms with Crippen molar-refractivity contribution in [2.24, 2.45) is 5.73 Å². The number of amides is 2. The van der Waals surface area contributed by atoms with Gasteiger partial charge < -0.3 is 15.5 Å². The van der Waals surface area contributed by atoms with E-state index in [1.165, 1.54) is 11.8 Å². The summed E-state index contributed by atoms with van der Waals surface area (Å²) in [6.07, 6.45) is 0.463. The first kappa shape index (κ1) is 19.1. The van der Waals surface area contributed by atoms with Crippen LogP contribution in [-0.4, -0.2) is 32.2 Å². The van der Waals surface area contributed by atoms with Crippen molar-refractivity contribution in [3.05, 3.63) is 51.8 Å². The Kier molecular flexibility index (Phi) is 5.87. The molecule has 3 rings (SSSR count). The number of primary amides is 1. The Morgan fingerprint density at radius 3 is 2.67 bits per heavy atom. The van der Waals surface area contributed by atoms with Gasteiger partial charge in [0.25, 0.3) is 5.22 Å². The molecule has 0 saturated carbocycles. The van der Waals surface area contributed by atoms with Gasteiger partial charge in [0.2, 0.25) is 17.7 Å². The lowest BCUT2D eigenvalue weighted by Gasteiger charge is -2.10. The Hall–Kier alpha value is -2.72. The summed E-state index contributed by atoms with van der Waals surface area (Å²) < 4.78 is 5.58. The van der Waals surface area contributed by atoms with Gasteiger partial charge in [0, 0.05) is 16.6 Å². The van der Waals surface area contributed by atoms with E-state index in [0.29, 0.717) is 28.8 Å². The van der Waals surface area contributed by atoms with Crippen LogP contribution in [0.5, 0.6) is 0 Å². The van der Waals surface area contributed by atoms with Crippen LogP contribution in [0.2, 0.25) is 0 Å². The van der Waals surface area contributed by atoms with Crippen LogP contribution in [0.4, 0.5) is 5.69 Å². The lowest BCUT2D eigenvalue weighted by molar-refractivity contribution is -0.115. The van der Waals surface area contributed by atoms with E-state index in [1.54, 1.807) is 42.5 Å².